The lowest BCUT2D eigenvalue weighted by molar-refractivity contribution is 0.0686. The Morgan fingerprint density at radius 2 is 2.11 bits per heavy atom. The molecule has 1 aromatic rings. The lowest BCUT2D eigenvalue weighted by Crippen LogP contribution is -2.25. The van der Waals surface area contributed by atoms with Crippen molar-refractivity contribution in [3.8, 4) is 0 Å². The number of nitrogen functional groups attached to an aromatic ring is 1. The molecule has 3 N–H and O–H groups in total. The third-order valence-electron chi connectivity index (χ3n) is 2.35. The van der Waals surface area contributed by atoms with E-state index in [9.17, 15) is 4.79 Å². The summed E-state index contributed by atoms with van der Waals surface area (Å²) in [5.74, 6) is 0.0533. The number of nitrogens with one attached hydrogen (secondary N) is 1. The number of aromatic nitrogens is 2. The fourth-order valence-electron chi connectivity index (χ4n) is 1.33. The molecule has 0 spiro atoms. The molecule has 0 atom stereocenters. The van der Waals surface area contributed by atoms with Gasteiger partial charge in [-0.15, -0.1) is 10.2 Å². The molecule has 0 aliphatic carbocycles. The maximum atomic E-state index is 11.6. The molecule has 1 amide bonds. The van der Waals surface area contributed by atoms with Gasteiger partial charge < -0.3 is 20.5 Å². The second-order valence-corrected chi connectivity index (χ2v) is 3.91. The van der Waals surface area contributed by atoms with Crippen LogP contribution < -0.4 is 11.1 Å². The summed E-state index contributed by atoms with van der Waals surface area (Å²) >= 11 is 0. The van der Waals surface area contributed by atoms with Crippen molar-refractivity contribution in [3.05, 3.63) is 17.8 Å². The van der Waals surface area contributed by atoms with Gasteiger partial charge in [0.2, 0.25) is 0 Å². The van der Waals surface area contributed by atoms with Crippen LogP contribution in [-0.2, 0) is 9.47 Å². The van der Waals surface area contributed by atoms with E-state index >= 15 is 0 Å². The number of anilines is 1. The number of carbonyl (C=O) groups is 1. The Kier molecular flexibility index (Phi) is 7.45. The van der Waals surface area contributed by atoms with E-state index in [-0.39, 0.29) is 11.6 Å². The number of nitrogens with two attached hydrogens (primary N) is 1. The first kappa shape index (κ1) is 15.3. The Morgan fingerprint density at radius 1 is 1.26 bits per heavy atom. The maximum absolute atomic E-state index is 11.6. The lowest BCUT2D eigenvalue weighted by Gasteiger charge is -2.05. The van der Waals surface area contributed by atoms with Crippen molar-refractivity contribution in [3.63, 3.8) is 0 Å². The molecule has 1 heterocycles. The fourth-order valence-corrected chi connectivity index (χ4v) is 1.33. The van der Waals surface area contributed by atoms with Crippen molar-refractivity contribution in [1.29, 1.82) is 0 Å². The Morgan fingerprint density at radius 3 is 2.79 bits per heavy atom. The van der Waals surface area contributed by atoms with Gasteiger partial charge in [0.15, 0.2) is 5.69 Å². The number of amides is 1. The molecule has 19 heavy (non-hydrogen) atoms. The van der Waals surface area contributed by atoms with Crippen molar-refractivity contribution in [2.75, 3.05) is 39.2 Å². The van der Waals surface area contributed by atoms with E-state index in [2.05, 4.69) is 15.5 Å². The number of unbranched alkanes of at least 4 members (excludes halogenated alkanes) is 1. The van der Waals surface area contributed by atoms with Gasteiger partial charge in [-0.25, -0.2) is 0 Å². The summed E-state index contributed by atoms with van der Waals surface area (Å²) in [6.45, 7) is 2.45. The van der Waals surface area contributed by atoms with Gasteiger partial charge in [0, 0.05) is 20.3 Å². The minimum atomic E-state index is -0.243. The van der Waals surface area contributed by atoms with Crippen LogP contribution in [0, 0.1) is 0 Å². The molecule has 1 aromatic heterocycles. The molecule has 7 nitrogen and oxygen atoms in total. The van der Waals surface area contributed by atoms with E-state index in [0.717, 1.165) is 12.8 Å². The number of hydrogen-bond acceptors (Lipinski definition) is 6. The largest absolute Gasteiger partial charge is 0.382 e. The second-order valence-electron chi connectivity index (χ2n) is 3.91. The molecule has 0 saturated heterocycles. The summed E-state index contributed by atoms with van der Waals surface area (Å²) in [6.07, 6.45) is 1.73. The summed E-state index contributed by atoms with van der Waals surface area (Å²) < 4.78 is 10.2. The second kappa shape index (κ2) is 9.23. The van der Waals surface area contributed by atoms with Gasteiger partial charge in [-0.05, 0) is 25.0 Å². The number of nitrogens with zero attached hydrogens (tertiary/aromatic N) is 2. The van der Waals surface area contributed by atoms with Crippen LogP contribution in [0.2, 0.25) is 0 Å². The molecular weight excluding hydrogens is 248 g/mol. The minimum absolute atomic E-state index is 0.243. The first-order chi connectivity index (χ1) is 9.24. The average molecular weight is 268 g/mol. The SMILES string of the molecule is COCCOCCCCNC(=O)c1ccc(N)nn1. The molecule has 0 fully saturated rings. The third-order valence-corrected chi connectivity index (χ3v) is 2.35. The van der Waals surface area contributed by atoms with Gasteiger partial charge in [-0.3, -0.25) is 4.79 Å². The van der Waals surface area contributed by atoms with Crippen LogP contribution in [0.1, 0.15) is 23.3 Å². The quantitative estimate of drug-likeness (QED) is 0.622. The lowest BCUT2D eigenvalue weighted by atomic mass is 10.3. The third kappa shape index (κ3) is 6.68. The van der Waals surface area contributed by atoms with Crippen molar-refractivity contribution in [2.45, 2.75) is 12.8 Å². The van der Waals surface area contributed by atoms with Crippen LogP contribution in [0.25, 0.3) is 0 Å². The molecule has 0 saturated carbocycles. The molecule has 0 aliphatic heterocycles. The first-order valence-corrected chi connectivity index (χ1v) is 6.18. The van der Waals surface area contributed by atoms with Gasteiger partial charge in [0.05, 0.1) is 13.2 Å². The molecule has 106 valence electrons. The molecule has 0 radical (unpaired) electrons. The summed E-state index contributed by atoms with van der Waals surface area (Å²) in [7, 11) is 1.64. The number of ether oxygens (including phenoxy) is 2. The molecule has 0 unspecified atom stereocenters. The van der Waals surface area contributed by atoms with E-state index in [0.29, 0.717) is 32.2 Å². The van der Waals surface area contributed by atoms with Crippen LogP contribution in [-0.4, -0.2) is 49.6 Å². The molecule has 7 heteroatoms. The van der Waals surface area contributed by atoms with Crippen LogP contribution in [0.15, 0.2) is 12.1 Å². The predicted octanol–water partition coefficient (Wildman–Crippen LogP) is 0.232. The topological polar surface area (TPSA) is 99.4 Å². The van der Waals surface area contributed by atoms with Crippen molar-refractivity contribution in [1.82, 2.24) is 15.5 Å². The van der Waals surface area contributed by atoms with Crippen LogP contribution in [0.3, 0.4) is 0 Å². The Balaban J connectivity index is 2.06. The highest BCUT2D eigenvalue weighted by atomic mass is 16.5. The molecular formula is C12H20N4O3. The Bertz CT molecular complexity index is 370. The molecule has 0 aromatic carbocycles. The Hall–Kier alpha value is -1.73. The summed E-state index contributed by atoms with van der Waals surface area (Å²) in [4.78, 5) is 11.6. The highest BCUT2D eigenvalue weighted by molar-refractivity contribution is 5.92. The van der Waals surface area contributed by atoms with Crippen molar-refractivity contribution >= 4 is 11.7 Å². The molecule has 0 aliphatic rings. The maximum Gasteiger partial charge on any atom is 0.271 e. The van der Waals surface area contributed by atoms with E-state index < -0.39 is 0 Å². The zero-order valence-corrected chi connectivity index (χ0v) is 11.1. The van der Waals surface area contributed by atoms with Gasteiger partial charge in [-0.1, -0.05) is 0 Å². The zero-order valence-electron chi connectivity index (χ0n) is 11.1. The van der Waals surface area contributed by atoms with E-state index in [1.54, 1.807) is 19.2 Å². The average Bonchev–Trinajstić information content (AvgIpc) is 2.42. The summed E-state index contributed by atoms with van der Waals surface area (Å²) in [6, 6.07) is 3.09. The molecule has 0 bridgehead atoms. The number of methoxy groups -OCH3 is 1. The molecule has 1 rings (SSSR count). The smallest absolute Gasteiger partial charge is 0.271 e. The van der Waals surface area contributed by atoms with Crippen molar-refractivity contribution < 1.29 is 14.3 Å². The standard InChI is InChI=1S/C12H20N4O3/c1-18-8-9-19-7-3-2-6-14-12(17)10-4-5-11(13)16-15-10/h4-5H,2-3,6-9H2,1H3,(H2,13,16)(H,14,17). The first-order valence-electron chi connectivity index (χ1n) is 6.18. The minimum Gasteiger partial charge on any atom is -0.382 e. The number of carbonyl (C=O) groups excluding carboxylic acids is 1. The van der Waals surface area contributed by atoms with E-state index in [1.807, 2.05) is 0 Å². The van der Waals surface area contributed by atoms with Gasteiger partial charge in [0.25, 0.3) is 5.91 Å². The summed E-state index contributed by atoms with van der Waals surface area (Å²) in [5.41, 5.74) is 5.66. The summed E-state index contributed by atoms with van der Waals surface area (Å²) in [5, 5.41) is 10.1. The highest BCUT2D eigenvalue weighted by Crippen LogP contribution is 1.97. The van der Waals surface area contributed by atoms with Crippen LogP contribution >= 0.6 is 0 Å². The normalized spacial score (nSPS) is 10.4. The zero-order chi connectivity index (χ0) is 13.9. The van der Waals surface area contributed by atoms with Gasteiger partial charge in [0.1, 0.15) is 5.82 Å². The number of rotatable bonds is 9. The van der Waals surface area contributed by atoms with Gasteiger partial charge in [-0.2, -0.15) is 0 Å². The van der Waals surface area contributed by atoms with Crippen LogP contribution in [0.4, 0.5) is 5.82 Å². The highest BCUT2D eigenvalue weighted by Gasteiger charge is 2.06. The van der Waals surface area contributed by atoms with Gasteiger partial charge >= 0.3 is 0 Å². The number of hydrogen-bond donors (Lipinski definition) is 2. The fraction of sp³-hybridized carbons (Fsp3) is 0.583. The Labute approximate surface area is 112 Å². The van der Waals surface area contributed by atoms with E-state index in [1.165, 1.54) is 0 Å². The predicted molar refractivity (Wildman–Crippen MR) is 70.7 cm³/mol. The van der Waals surface area contributed by atoms with E-state index in [4.69, 9.17) is 15.2 Å². The van der Waals surface area contributed by atoms with Crippen LogP contribution in [0.5, 0.6) is 0 Å². The monoisotopic (exact) mass is 268 g/mol. The van der Waals surface area contributed by atoms with Crippen molar-refractivity contribution in [2.24, 2.45) is 0 Å².